The standard InChI is InChI=1S/C13H13NO5/c1-18-8-3-4-9-10(13(16)17)6-14(11(9)5-8)7-12(15)19-2/h3-6H,7H2,1-2H3,(H,16,17). The SMILES string of the molecule is COC(=O)Cn1cc(C(=O)O)c2ccc(OC)cc21. The van der Waals surface area contributed by atoms with E-state index in [1.54, 1.807) is 18.2 Å². The zero-order valence-electron chi connectivity index (χ0n) is 10.5. The molecule has 0 unspecified atom stereocenters. The maximum Gasteiger partial charge on any atom is 0.337 e. The molecule has 0 amide bonds. The molecule has 0 atom stereocenters. The third-order valence-electron chi connectivity index (χ3n) is 2.85. The number of methoxy groups -OCH3 is 2. The number of carbonyl (C=O) groups excluding carboxylic acids is 1. The summed E-state index contributed by atoms with van der Waals surface area (Å²) in [4.78, 5) is 22.5. The Kier molecular flexibility index (Phi) is 3.41. The Balaban J connectivity index is 2.61. The Labute approximate surface area is 109 Å². The number of nitrogens with zero attached hydrogens (tertiary/aromatic N) is 1. The first-order valence-corrected chi connectivity index (χ1v) is 5.53. The number of aromatic nitrogens is 1. The molecule has 0 aliphatic heterocycles. The summed E-state index contributed by atoms with van der Waals surface area (Å²) in [5.41, 5.74) is 0.753. The van der Waals surface area contributed by atoms with Crippen molar-refractivity contribution in [2.24, 2.45) is 0 Å². The van der Waals surface area contributed by atoms with Crippen LogP contribution in [0.2, 0.25) is 0 Å². The van der Waals surface area contributed by atoms with Crippen LogP contribution in [0.15, 0.2) is 24.4 Å². The minimum absolute atomic E-state index is 0.0482. The molecule has 0 aliphatic rings. The van der Waals surface area contributed by atoms with Crippen molar-refractivity contribution >= 4 is 22.8 Å². The van der Waals surface area contributed by atoms with Crippen LogP contribution in [-0.4, -0.2) is 35.8 Å². The molecule has 6 heteroatoms. The minimum Gasteiger partial charge on any atom is -0.497 e. The summed E-state index contributed by atoms with van der Waals surface area (Å²) in [6, 6.07) is 5.02. The maximum atomic E-state index is 11.3. The molecule has 0 spiro atoms. The van der Waals surface area contributed by atoms with Crippen LogP contribution in [0.1, 0.15) is 10.4 Å². The third kappa shape index (κ3) is 2.37. The van der Waals surface area contributed by atoms with Gasteiger partial charge in [0.2, 0.25) is 0 Å². The molecule has 100 valence electrons. The van der Waals surface area contributed by atoms with E-state index < -0.39 is 11.9 Å². The number of carboxylic acid groups (broad SMARTS) is 1. The molecule has 19 heavy (non-hydrogen) atoms. The molecule has 0 saturated carbocycles. The number of benzene rings is 1. The number of carboxylic acids is 1. The molecule has 1 heterocycles. The van der Waals surface area contributed by atoms with Crippen molar-refractivity contribution < 1.29 is 24.2 Å². The van der Waals surface area contributed by atoms with E-state index in [2.05, 4.69) is 4.74 Å². The number of ether oxygens (including phenoxy) is 2. The van der Waals surface area contributed by atoms with Crippen LogP contribution in [0.5, 0.6) is 5.75 Å². The average molecular weight is 263 g/mol. The molecule has 1 aromatic heterocycles. The highest BCUT2D eigenvalue weighted by molar-refractivity contribution is 6.04. The summed E-state index contributed by atoms with van der Waals surface area (Å²) in [5, 5.41) is 9.71. The smallest absolute Gasteiger partial charge is 0.337 e. The van der Waals surface area contributed by atoms with Crippen LogP contribution in [0.4, 0.5) is 0 Å². The van der Waals surface area contributed by atoms with Crippen molar-refractivity contribution in [3.63, 3.8) is 0 Å². The van der Waals surface area contributed by atoms with Crippen molar-refractivity contribution in [2.75, 3.05) is 14.2 Å². The number of esters is 1. The second-order valence-electron chi connectivity index (χ2n) is 3.94. The molecule has 0 radical (unpaired) electrons. The summed E-state index contributed by atoms with van der Waals surface area (Å²) in [7, 11) is 2.81. The molecule has 6 nitrogen and oxygen atoms in total. The van der Waals surface area contributed by atoms with Crippen molar-refractivity contribution in [1.29, 1.82) is 0 Å². The molecule has 0 aliphatic carbocycles. The minimum atomic E-state index is -1.04. The van der Waals surface area contributed by atoms with Gasteiger partial charge in [0.05, 0.1) is 25.3 Å². The fraction of sp³-hybridized carbons (Fsp3) is 0.231. The molecule has 1 N–H and O–H groups in total. The Bertz CT molecular complexity index is 644. The average Bonchev–Trinajstić information content (AvgIpc) is 2.76. The molecule has 2 rings (SSSR count). The van der Waals surface area contributed by atoms with Gasteiger partial charge >= 0.3 is 11.9 Å². The van der Waals surface area contributed by atoms with Gasteiger partial charge in [-0.15, -0.1) is 0 Å². The lowest BCUT2D eigenvalue weighted by molar-refractivity contribution is -0.141. The van der Waals surface area contributed by atoms with Gasteiger partial charge in [-0.1, -0.05) is 0 Å². The van der Waals surface area contributed by atoms with Gasteiger partial charge in [-0.05, 0) is 12.1 Å². The zero-order valence-corrected chi connectivity index (χ0v) is 10.5. The van der Waals surface area contributed by atoms with Gasteiger partial charge in [0.15, 0.2) is 0 Å². The summed E-state index contributed by atoms with van der Waals surface area (Å²) in [6.07, 6.45) is 1.42. The van der Waals surface area contributed by atoms with E-state index in [0.717, 1.165) is 0 Å². The van der Waals surface area contributed by atoms with Crippen molar-refractivity contribution in [1.82, 2.24) is 4.57 Å². The lowest BCUT2D eigenvalue weighted by Crippen LogP contribution is -2.10. The third-order valence-corrected chi connectivity index (χ3v) is 2.85. The van der Waals surface area contributed by atoms with Crippen LogP contribution >= 0.6 is 0 Å². The van der Waals surface area contributed by atoms with Crippen LogP contribution < -0.4 is 4.74 Å². The zero-order chi connectivity index (χ0) is 14.0. The van der Waals surface area contributed by atoms with E-state index in [-0.39, 0.29) is 12.1 Å². The monoisotopic (exact) mass is 263 g/mol. The second kappa shape index (κ2) is 5.01. The Morgan fingerprint density at radius 1 is 1.32 bits per heavy atom. The van der Waals surface area contributed by atoms with Gasteiger partial charge in [-0.25, -0.2) is 4.79 Å². The van der Waals surface area contributed by atoms with E-state index in [9.17, 15) is 9.59 Å². The molecular weight excluding hydrogens is 250 g/mol. The first kappa shape index (κ1) is 12.9. The number of fused-ring (bicyclic) bond motifs is 1. The van der Waals surface area contributed by atoms with E-state index >= 15 is 0 Å². The molecule has 1 aromatic carbocycles. The van der Waals surface area contributed by atoms with Crippen LogP contribution in [-0.2, 0) is 16.1 Å². The maximum absolute atomic E-state index is 11.3. The Morgan fingerprint density at radius 2 is 2.05 bits per heavy atom. The molecule has 0 fully saturated rings. The fourth-order valence-electron chi connectivity index (χ4n) is 1.90. The number of hydrogen-bond donors (Lipinski definition) is 1. The highest BCUT2D eigenvalue weighted by Crippen LogP contribution is 2.26. The van der Waals surface area contributed by atoms with Gasteiger partial charge in [0.1, 0.15) is 12.3 Å². The summed E-state index contributed by atoms with van der Waals surface area (Å²) < 4.78 is 11.2. The van der Waals surface area contributed by atoms with E-state index in [0.29, 0.717) is 16.7 Å². The summed E-state index contributed by atoms with van der Waals surface area (Å²) >= 11 is 0. The van der Waals surface area contributed by atoms with E-state index in [1.807, 2.05) is 0 Å². The molecule has 0 saturated heterocycles. The topological polar surface area (TPSA) is 77.8 Å². The van der Waals surface area contributed by atoms with Gasteiger partial charge in [-0.2, -0.15) is 0 Å². The first-order valence-electron chi connectivity index (χ1n) is 5.53. The number of rotatable bonds is 4. The van der Waals surface area contributed by atoms with Crippen molar-refractivity contribution in [3.8, 4) is 5.75 Å². The van der Waals surface area contributed by atoms with Crippen molar-refractivity contribution in [2.45, 2.75) is 6.54 Å². The lowest BCUT2D eigenvalue weighted by Gasteiger charge is -2.05. The highest BCUT2D eigenvalue weighted by Gasteiger charge is 2.16. The normalized spacial score (nSPS) is 10.4. The molecular formula is C13H13NO5. The number of carbonyl (C=O) groups is 2. The van der Waals surface area contributed by atoms with Gasteiger partial charge in [-0.3, -0.25) is 4.79 Å². The Morgan fingerprint density at radius 3 is 2.63 bits per heavy atom. The molecule has 2 aromatic rings. The van der Waals surface area contributed by atoms with Gasteiger partial charge in [0.25, 0.3) is 0 Å². The second-order valence-corrected chi connectivity index (χ2v) is 3.94. The highest BCUT2D eigenvalue weighted by atomic mass is 16.5. The Hall–Kier alpha value is -2.50. The number of hydrogen-bond acceptors (Lipinski definition) is 4. The fourth-order valence-corrected chi connectivity index (χ4v) is 1.90. The predicted octanol–water partition coefficient (Wildman–Crippen LogP) is 1.52. The van der Waals surface area contributed by atoms with Crippen LogP contribution in [0.25, 0.3) is 10.9 Å². The van der Waals surface area contributed by atoms with E-state index in [4.69, 9.17) is 9.84 Å². The van der Waals surface area contributed by atoms with Crippen molar-refractivity contribution in [3.05, 3.63) is 30.0 Å². The summed E-state index contributed by atoms with van der Waals surface area (Å²) in [5.74, 6) is -0.899. The predicted molar refractivity (Wildman–Crippen MR) is 67.5 cm³/mol. The largest absolute Gasteiger partial charge is 0.497 e. The van der Waals surface area contributed by atoms with Crippen LogP contribution in [0, 0.1) is 0 Å². The lowest BCUT2D eigenvalue weighted by atomic mass is 10.2. The summed E-state index contributed by atoms with van der Waals surface area (Å²) in [6.45, 7) is -0.0482. The quantitative estimate of drug-likeness (QED) is 0.846. The molecule has 0 bridgehead atoms. The van der Waals surface area contributed by atoms with Gasteiger partial charge < -0.3 is 19.1 Å². The van der Waals surface area contributed by atoms with Gasteiger partial charge in [0, 0.05) is 17.6 Å². The van der Waals surface area contributed by atoms with Crippen LogP contribution in [0.3, 0.4) is 0 Å². The first-order chi connectivity index (χ1) is 9.06. The van der Waals surface area contributed by atoms with E-state index in [1.165, 1.54) is 25.0 Å². The number of aromatic carboxylic acids is 1.